The SMILES string of the molecule is C[Si](C)(C)C#CCCc1cc2c(CCC#C[Si](C)(C)C)cc3c(CCC#C[Si](C)(C)C)cc4c(CCC#C[Si](C)(C)C)cc5c(CCC#C[Si](C)(C)C)cc1c1c5c4c3c21. The molecule has 0 unspecified atom stereocenters. The number of rotatable bonds is 10. The molecule has 0 spiro atoms. The first-order valence-corrected chi connectivity index (χ1v) is 40.2. The molecule has 0 aliphatic rings. The van der Waals surface area contributed by atoms with Crippen LogP contribution < -0.4 is 0 Å². The minimum atomic E-state index is -1.47. The van der Waals surface area contributed by atoms with Crippen molar-refractivity contribution in [1.29, 1.82) is 0 Å². The fraction of sp³-hybridized carbons (Fsp3) is 0.455. The average molecular weight is 872 g/mol. The van der Waals surface area contributed by atoms with Gasteiger partial charge < -0.3 is 0 Å². The zero-order valence-corrected chi connectivity index (χ0v) is 45.0. The second kappa shape index (κ2) is 17.6. The molecular weight excluding hydrogens is 801 g/mol. The number of hydrogen-bond acceptors (Lipinski definition) is 0. The number of hydrogen-bond donors (Lipinski definition) is 0. The minimum absolute atomic E-state index is 0.890. The van der Waals surface area contributed by atoms with Gasteiger partial charge in [-0.25, -0.2) is 0 Å². The molecule has 0 atom stereocenters. The van der Waals surface area contributed by atoms with Crippen molar-refractivity contribution in [2.45, 2.75) is 162 Å². The quantitative estimate of drug-likeness (QED) is 0.0731. The van der Waals surface area contributed by atoms with Crippen molar-refractivity contribution in [2.24, 2.45) is 0 Å². The predicted octanol–water partition coefficient (Wildman–Crippen LogP) is 14.8. The molecule has 0 aromatic heterocycles. The monoisotopic (exact) mass is 870 g/mol. The Kier molecular flexibility index (Phi) is 13.4. The summed E-state index contributed by atoms with van der Waals surface area (Å²) >= 11 is 0. The lowest BCUT2D eigenvalue weighted by Gasteiger charge is -2.16. The largest absolute Gasteiger partial charge is 0.132 e. The van der Waals surface area contributed by atoms with E-state index in [2.05, 4.69) is 186 Å². The zero-order chi connectivity index (χ0) is 43.8. The smallest absolute Gasteiger partial charge is 0.129 e. The Hall–Kier alpha value is -3.72. The molecule has 6 aromatic rings. The first-order chi connectivity index (χ1) is 27.9. The molecule has 0 radical (unpaired) electrons. The molecule has 0 saturated heterocycles. The van der Waals surface area contributed by atoms with Crippen molar-refractivity contribution in [1.82, 2.24) is 0 Å². The van der Waals surface area contributed by atoms with Crippen LogP contribution in [-0.4, -0.2) is 40.4 Å². The highest BCUT2D eigenvalue weighted by Gasteiger charge is 2.27. The summed E-state index contributed by atoms with van der Waals surface area (Å²) < 4.78 is 0. The van der Waals surface area contributed by atoms with Gasteiger partial charge in [-0.2, -0.15) is 0 Å². The topological polar surface area (TPSA) is 0 Å². The molecule has 0 aliphatic carbocycles. The maximum atomic E-state index is 3.67. The van der Waals surface area contributed by atoms with Crippen molar-refractivity contribution in [3.05, 3.63) is 58.1 Å². The van der Waals surface area contributed by atoms with Gasteiger partial charge in [0.1, 0.15) is 40.4 Å². The Bertz CT molecular complexity index is 2370. The third-order valence-electron chi connectivity index (χ3n) is 10.8. The van der Waals surface area contributed by atoms with Gasteiger partial charge in [-0.3, -0.25) is 0 Å². The van der Waals surface area contributed by atoms with Crippen LogP contribution in [0.3, 0.4) is 0 Å². The van der Waals surface area contributed by atoms with E-state index < -0.39 is 40.4 Å². The maximum Gasteiger partial charge on any atom is 0.129 e. The van der Waals surface area contributed by atoms with E-state index in [0.29, 0.717) is 0 Å². The molecule has 0 aliphatic heterocycles. The Balaban J connectivity index is 1.70. The normalized spacial score (nSPS) is 12.6. The predicted molar refractivity (Wildman–Crippen MR) is 285 cm³/mol. The summed E-state index contributed by atoms with van der Waals surface area (Å²) in [4.78, 5) is 0. The summed E-state index contributed by atoms with van der Waals surface area (Å²) in [5.41, 5.74) is 25.6. The lowest BCUT2D eigenvalue weighted by molar-refractivity contribution is 1.03. The Morgan fingerprint density at radius 3 is 0.550 bits per heavy atom. The van der Waals surface area contributed by atoms with Crippen molar-refractivity contribution < 1.29 is 0 Å². The minimum Gasteiger partial charge on any atom is -0.132 e. The lowest BCUT2D eigenvalue weighted by atomic mass is 9.88. The van der Waals surface area contributed by atoms with Crippen LogP contribution in [0.4, 0.5) is 0 Å². The van der Waals surface area contributed by atoms with E-state index >= 15 is 0 Å². The molecule has 0 heterocycles. The maximum absolute atomic E-state index is 3.67. The van der Waals surface area contributed by atoms with Crippen molar-refractivity contribution in [3.63, 3.8) is 0 Å². The third-order valence-corrected chi connectivity index (χ3v) is 15.5. The van der Waals surface area contributed by atoms with Crippen LogP contribution in [0.15, 0.2) is 30.3 Å². The van der Waals surface area contributed by atoms with Crippen LogP contribution in [0.2, 0.25) is 98.2 Å². The molecule has 5 heteroatoms. The van der Waals surface area contributed by atoms with E-state index in [0.717, 1.165) is 64.2 Å². The standard InChI is InChI=1S/C55H70Si5/c1-56(2,3)31-21-16-26-41-36-47-43(28-18-23-33-58(7,8)9)38-49-45(30-20-25-35-60(13,14)15)40-50-44(29-19-24-34-59(10,11)12)39-48-42(27-17-22-32-57(4,5)6)37-46(41)51-52(47)54(49)55(50)53(48)51/h36-40H,16-20,26-30H2,1-15H3. The molecule has 0 amide bonds. The molecule has 6 aromatic carbocycles. The van der Waals surface area contributed by atoms with Crippen LogP contribution in [0.25, 0.3) is 53.9 Å². The van der Waals surface area contributed by atoms with E-state index in [4.69, 9.17) is 0 Å². The van der Waals surface area contributed by atoms with E-state index in [1.54, 1.807) is 0 Å². The van der Waals surface area contributed by atoms with Crippen LogP contribution >= 0.6 is 0 Å². The van der Waals surface area contributed by atoms with E-state index in [1.807, 2.05) is 0 Å². The van der Waals surface area contributed by atoms with Gasteiger partial charge in [0, 0.05) is 32.1 Å². The highest BCUT2D eigenvalue weighted by molar-refractivity contribution is 6.85. The Morgan fingerprint density at radius 2 is 0.417 bits per heavy atom. The summed E-state index contributed by atoms with van der Waals surface area (Å²) in [7, 11) is -7.33. The fourth-order valence-electron chi connectivity index (χ4n) is 8.52. The summed E-state index contributed by atoms with van der Waals surface area (Å²) in [5, 5.41) is 14.6. The Morgan fingerprint density at radius 1 is 0.267 bits per heavy atom. The average Bonchev–Trinajstić information content (AvgIpc) is 3.47. The molecule has 310 valence electrons. The number of benzene rings is 5. The van der Waals surface area contributed by atoms with Crippen LogP contribution in [-0.2, 0) is 32.1 Å². The summed E-state index contributed by atoms with van der Waals surface area (Å²) in [6.45, 7) is 35.2. The zero-order valence-electron chi connectivity index (χ0n) is 40.0. The highest BCUT2D eigenvalue weighted by atomic mass is 28.3. The molecule has 0 fully saturated rings. The first-order valence-electron chi connectivity index (χ1n) is 22.7. The van der Waals surface area contributed by atoms with Gasteiger partial charge >= 0.3 is 0 Å². The van der Waals surface area contributed by atoms with E-state index in [1.165, 1.54) is 81.7 Å². The van der Waals surface area contributed by atoms with Gasteiger partial charge in [0.25, 0.3) is 0 Å². The van der Waals surface area contributed by atoms with Crippen LogP contribution in [0, 0.1) is 57.3 Å². The van der Waals surface area contributed by atoms with Gasteiger partial charge in [-0.1, -0.05) is 129 Å². The highest BCUT2D eigenvalue weighted by Crippen LogP contribution is 2.52. The number of aryl methyl sites for hydroxylation is 5. The van der Waals surface area contributed by atoms with Gasteiger partial charge in [0.05, 0.1) is 0 Å². The van der Waals surface area contributed by atoms with E-state index in [9.17, 15) is 0 Å². The van der Waals surface area contributed by atoms with Crippen LogP contribution in [0.1, 0.15) is 59.9 Å². The molecule has 6 rings (SSSR count). The third kappa shape index (κ3) is 11.4. The second-order valence-electron chi connectivity index (χ2n) is 22.6. The van der Waals surface area contributed by atoms with Gasteiger partial charge in [0.2, 0.25) is 0 Å². The molecule has 0 saturated carbocycles. The summed E-state index contributed by atoms with van der Waals surface area (Å²) in [6.07, 6.45) is 9.27. The lowest BCUT2D eigenvalue weighted by Crippen LogP contribution is -2.16. The molecule has 0 nitrogen and oxygen atoms in total. The van der Waals surface area contributed by atoms with E-state index in [-0.39, 0.29) is 0 Å². The molecule has 60 heavy (non-hydrogen) atoms. The molecule has 0 N–H and O–H groups in total. The molecule has 0 bridgehead atoms. The van der Waals surface area contributed by atoms with Crippen molar-refractivity contribution in [3.8, 4) is 57.3 Å². The van der Waals surface area contributed by atoms with Gasteiger partial charge in [0.15, 0.2) is 0 Å². The molecular formula is C55H70Si5. The summed E-state index contributed by atoms with van der Waals surface area (Å²) in [5.74, 6) is 18.2. The van der Waals surface area contributed by atoms with Gasteiger partial charge in [-0.15, -0.1) is 57.3 Å². The summed E-state index contributed by atoms with van der Waals surface area (Å²) in [6, 6.07) is 12.9. The fourth-order valence-corrected chi connectivity index (χ4v) is 11.8. The van der Waals surface area contributed by atoms with Crippen LogP contribution in [0.5, 0.6) is 0 Å². The second-order valence-corrected chi connectivity index (χ2v) is 46.3. The first kappa shape index (κ1) is 45.8. The van der Waals surface area contributed by atoms with Gasteiger partial charge in [-0.05, 0) is 114 Å². The van der Waals surface area contributed by atoms with Crippen molar-refractivity contribution in [2.75, 3.05) is 0 Å². The Labute approximate surface area is 369 Å². The van der Waals surface area contributed by atoms with Crippen molar-refractivity contribution >= 4 is 94.2 Å².